The molecule has 0 radical (unpaired) electrons. The molecule has 6 heteroatoms. The standard InChI is InChI=1S/C18H18ClNO3S/c1-12(13-3-7-15(19)8-4-13)24-11-17(21)20-16-9-5-14(6-10-16)18(22)23-2/h3-10,12H,11H2,1-2H3,(H,20,21). The maximum Gasteiger partial charge on any atom is 0.337 e. The van der Waals surface area contributed by atoms with Gasteiger partial charge in [0.15, 0.2) is 0 Å². The Morgan fingerprint density at radius 3 is 2.33 bits per heavy atom. The maximum atomic E-state index is 12.0. The van der Waals surface area contributed by atoms with E-state index in [0.29, 0.717) is 22.0 Å². The molecule has 0 bridgehead atoms. The number of thioether (sulfide) groups is 1. The fraction of sp³-hybridized carbons (Fsp3) is 0.222. The van der Waals surface area contributed by atoms with Crippen LogP contribution in [0, 0.1) is 0 Å². The van der Waals surface area contributed by atoms with Crippen molar-refractivity contribution in [3.8, 4) is 0 Å². The molecule has 2 aromatic carbocycles. The maximum absolute atomic E-state index is 12.0. The molecular formula is C18H18ClNO3S. The molecule has 1 unspecified atom stereocenters. The van der Waals surface area contributed by atoms with Gasteiger partial charge in [0.25, 0.3) is 0 Å². The normalized spacial score (nSPS) is 11.6. The lowest BCUT2D eigenvalue weighted by atomic mass is 10.2. The van der Waals surface area contributed by atoms with E-state index in [9.17, 15) is 9.59 Å². The van der Waals surface area contributed by atoms with Gasteiger partial charge in [0, 0.05) is 16.0 Å². The van der Waals surface area contributed by atoms with E-state index >= 15 is 0 Å². The molecule has 1 N–H and O–H groups in total. The van der Waals surface area contributed by atoms with Gasteiger partial charge >= 0.3 is 5.97 Å². The second-order valence-corrected chi connectivity index (χ2v) is 6.89. The first kappa shape index (κ1) is 18.4. The van der Waals surface area contributed by atoms with Gasteiger partial charge in [-0.05, 0) is 48.9 Å². The van der Waals surface area contributed by atoms with E-state index in [-0.39, 0.29) is 11.2 Å². The number of nitrogens with one attached hydrogen (secondary N) is 1. The lowest BCUT2D eigenvalue weighted by Gasteiger charge is -2.12. The zero-order chi connectivity index (χ0) is 17.5. The van der Waals surface area contributed by atoms with E-state index in [1.165, 1.54) is 7.11 Å². The van der Waals surface area contributed by atoms with E-state index in [2.05, 4.69) is 10.1 Å². The van der Waals surface area contributed by atoms with Crippen LogP contribution in [0.1, 0.15) is 28.1 Å². The van der Waals surface area contributed by atoms with Crippen molar-refractivity contribution >= 4 is 40.9 Å². The van der Waals surface area contributed by atoms with Crippen LogP contribution in [0.2, 0.25) is 5.02 Å². The SMILES string of the molecule is COC(=O)c1ccc(NC(=O)CSC(C)c2ccc(Cl)cc2)cc1. The van der Waals surface area contributed by atoms with Gasteiger partial charge in [-0.1, -0.05) is 23.7 Å². The second-order valence-electron chi connectivity index (χ2n) is 5.12. The lowest BCUT2D eigenvalue weighted by Crippen LogP contribution is -2.14. The summed E-state index contributed by atoms with van der Waals surface area (Å²) < 4.78 is 4.63. The number of hydrogen-bond donors (Lipinski definition) is 1. The number of rotatable bonds is 6. The molecule has 24 heavy (non-hydrogen) atoms. The third-order valence-electron chi connectivity index (χ3n) is 3.39. The number of carbonyl (C=O) groups excluding carboxylic acids is 2. The van der Waals surface area contributed by atoms with Crippen molar-refractivity contribution in [1.82, 2.24) is 0 Å². The predicted molar refractivity (Wildman–Crippen MR) is 98.7 cm³/mol. The van der Waals surface area contributed by atoms with Gasteiger partial charge in [0.2, 0.25) is 5.91 Å². The molecule has 0 aromatic heterocycles. The van der Waals surface area contributed by atoms with Crippen LogP contribution >= 0.6 is 23.4 Å². The molecule has 0 aliphatic heterocycles. The van der Waals surface area contributed by atoms with Crippen molar-refractivity contribution in [2.45, 2.75) is 12.2 Å². The second kappa shape index (κ2) is 8.76. The molecule has 1 atom stereocenters. The fourth-order valence-corrected chi connectivity index (χ4v) is 2.98. The molecular weight excluding hydrogens is 346 g/mol. The van der Waals surface area contributed by atoms with Crippen LogP contribution in [0.3, 0.4) is 0 Å². The summed E-state index contributed by atoms with van der Waals surface area (Å²) in [5.74, 6) is -0.158. The third-order valence-corrected chi connectivity index (χ3v) is 4.85. The first-order valence-electron chi connectivity index (χ1n) is 7.35. The number of ether oxygens (including phenoxy) is 1. The zero-order valence-electron chi connectivity index (χ0n) is 13.4. The van der Waals surface area contributed by atoms with Crippen molar-refractivity contribution in [3.63, 3.8) is 0 Å². The monoisotopic (exact) mass is 363 g/mol. The van der Waals surface area contributed by atoms with Crippen LogP contribution in [0.15, 0.2) is 48.5 Å². The summed E-state index contributed by atoms with van der Waals surface area (Å²) in [6.45, 7) is 2.05. The van der Waals surface area contributed by atoms with Gasteiger partial charge in [-0.15, -0.1) is 11.8 Å². The first-order chi connectivity index (χ1) is 11.5. The number of benzene rings is 2. The zero-order valence-corrected chi connectivity index (χ0v) is 15.0. The Labute approximate surface area is 150 Å². The van der Waals surface area contributed by atoms with Crippen molar-refractivity contribution < 1.29 is 14.3 Å². The smallest absolute Gasteiger partial charge is 0.337 e. The molecule has 0 spiro atoms. The highest BCUT2D eigenvalue weighted by atomic mass is 35.5. The molecule has 0 fully saturated rings. The Bertz CT molecular complexity index is 701. The Balaban J connectivity index is 1.84. The van der Waals surface area contributed by atoms with Gasteiger partial charge in [0.05, 0.1) is 18.4 Å². The summed E-state index contributed by atoms with van der Waals surface area (Å²) in [5.41, 5.74) is 2.22. The molecule has 0 heterocycles. The highest BCUT2D eigenvalue weighted by Gasteiger charge is 2.10. The highest BCUT2D eigenvalue weighted by Crippen LogP contribution is 2.28. The third kappa shape index (κ3) is 5.28. The number of carbonyl (C=O) groups is 2. The number of methoxy groups -OCH3 is 1. The fourth-order valence-electron chi connectivity index (χ4n) is 2.04. The largest absolute Gasteiger partial charge is 0.465 e. The highest BCUT2D eigenvalue weighted by molar-refractivity contribution is 8.00. The van der Waals surface area contributed by atoms with Crippen LogP contribution in [-0.2, 0) is 9.53 Å². The molecule has 0 saturated carbocycles. The minimum atomic E-state index is -0.403. The van der Waals surface area contributed by atoms with E-state index < -0.39 is 5.97 Å². The minimum absolute atomic E-state index is 0.0911. The Morgan fingerprint density at radius 1 is 1.12 bits per heavy atom. The number of esters is 1. The summed E-state index contributed by atoms with van der Waals surface area (Å²) in [5, 5.41) is 3.70. The molecule has 126 valence electrons. The van der Waals surface area contributed by atoms with Gasteiger partial charge in [-0.2, -0.15) is 0 Å². The Morgan fingerprint density at radius 2 is 1.75 bits per heavy atom. The average molecular weight is 364 g/mol. The topological polar surface area (TPSA) is 55.4 Å². The van der Waals surface area contributed by atoms with E-state index in [1.807, 2.05) is 31.2 Å². The van der Waals surface area contributed by atoms with Crippen LogP contribution in [0.5, 0.6) is 0 Å². The predicted octanol–water partition coefficient (Wildman–Crippen LogP) is 4.56. The first-order valence-corrected chi connectivity index (χ1v) is 8.77. The van der Waals surface area contributed by atoms with E-state index in [0.717, 1.165) is 5.56 Å². The lowest BCUT2D eigenvalue weighted by molar-refractivity contribution is -0.113. The summed E-state index contributed by atoms with van der Waals surface area (Å²) in [6.07, 6.45) is 0. The Hall–Kier alpha value is -1.98. The van der Waals surface area contributed by atoms with Gasteiger partial charge in [-0.3, -0.25) is 4.79 Å². The molecule has 2 aromatic rings. The van der Waals surface area contributed by atoms with Gasteiger partial charge < -0.3 is 10.1 Å². The summed E-state index contributed by atoms with van der Waals surface area (Å²) >= 11 is 7.42. The van der Waals surface area contributed by atoms with Crippen molar-refractivity contribution in [2.24, 2.45) is 0 Å². The molecule has 4 nitrogen and oxygen atoms in total. The minimum Gasteiger partial charge on any atom is -0.465 e. The van der Waals surface area contributed by atoms with Crippen molar-refractivity contribution in [2.75, 3.05) is 18.2 Å². The molecule has 0 aliphatic carbocycles. The Kier molecular flexibility index (Phi) is 6.70. The van der Waals surface area contributed by atoms with Crippen molar-refractivity contribution in [3.05, 3.63) is 64.7 Å². The summed E-state index contributed by atoms with van der Waals surface area (Å²) in [4.78, 5) is 23.4. The molecule has 1 amide bonds. The van der Waals surface area contributed by atoms with Crippen molar-refractivity contribution in [1.29, 1.82) is 0 Å². The number of hydrogen-bond acceptors (Lipinski definition) is 4. The molecule has 0 saturated heterocycles. The molecule has 2 rings (SSSR count). The summed E-state index contributed by atoms with van der Waals surface area (Å²) in [6, 6.07) is 14.2. The van der Waals surface area contributed by atoms with Gasteiger partial charge in [-0.25, -0.2) is 4.79 Å². The quantitative estimate of drug-likeness (QED) is 0.764. The number of halogens is 1. The van der Waals surface area contributed by atoms with Crippen LogP contribution in [-0.4, -0.2) is 24.7 Å². The summed E-state index contributed by atoms with van der Waals surface area (Å²) in [7, 11) is 1.33. The number of anilines is 1. The van der Waals surface area contributed by atoms with E-state index in [1.54, 1.807) is 36.0 Å². The molecule has 0 aliphatic rings. The number of amides is 1. The van der Waals surface area contributed by atoms with E-state index in [4.69, 9.17) is 11.6 Å². The van der Waals surface area contributed by atoms with Crippen LogP contribution in [0.25, 0.3) is 0 Å². The van der Waals surface area contributed by atoms with Gasteiger partial charge in [0.1, 0.15) is 0 Å². The van der Waals surface area contributed by atoms with Crippen LogP contribution in [0.4, 0.5) is 5.69 Å². The van der Waals surface area contributed by atoms with Crippen LogP contribution < -0.4 is 5.32 Å². The average Bonchev–Trinajstić information content (AvgIpc) is 2.60.